The van der Waals surface area contributed by atoms with Crippen LogP contribution in [0.5, 0.6) is 11.5 Å². The Morgan fingerprint density at radius 1 is 1.38 bits per heavy atom. The van der Waals surface area contributed by atoms with Gasteiger partial charge in [0.1, 0.15) is 23.4 Å². The number of carbonyl (C=O) groups is 1. The zero-order chi connectivity index (χ0) is 27.8. The lowest BCUT2D eigenvalue weighted by Crippen LogP contribution is -2.55. The average Bonchev–Trinajstić information content (AvgIpc) is 2.89. The third-order valence-electron chi connectivity index (χ3n) is 6.96. The summed E-state index contributed by atoms with van der Waals surface area (Å²) < 4.78 is 35.2. The first-order chi connectivity index (χ1) is 18.7. The van der Waals surface area contributed by atoms with Gasteiger partial charge in [0, 0.05) is 36.2 Å². The van der Waals surface area contributed by atoms with Crippen molar-refractivity contribution in [1.29, 1.82) is 5.26 Å². The Morgan fingerprint density at radius 3 is 2.92 bits per heavy atom. The molecule has 6 N–H and O–H groups in total. The maximum Gasteiger partial charge on any atom is 0.331 e. The van der Waals surface area contributed by atoms with E-state index in [1.165, 1.54) is 24.5 Å². The van der Waals surface area contributed by atoms with Crippen LogP contribution in [0.4, 0.5) is 19.4 Å². The topological polar surface area (TPSA) is 167 Å². The van der Waals surface area contributed by atoms with Crippen LogP contribution in [-0.4, -0.2) is 64.2 Å². The number of alkyl halides is 1. The smallest absolute Gasteiger partial charge is 0.331 e. The molecule has 1 aromatic heterocycles. The maximum absolute atomic E-state index is 16.1. The fourth-order valence-corrected chi connectivity index (χ4v) is 5.55. The van der Waals surface area contributed by atoms with Crippen LogP contribution in [0, 0.1) is 17.1 Å². The second-order valence-electron chi connectivity index (χ2n) is 9.39. The van der Waals surface area contributed by atoms with Crippen molar-refractivity contribution in [2.75, 3.05) is 24.6 Å². The van der Waals surface area contributed by atoms with Crippen LogP contribution in [-0.2, 0) is 0 Å². The molecule has 39 heavy (non-hydrogen) atoms. The second kappa shape index (κ2) is 10.6. The first-order valence-electron chi connectivity index (χ1n) is 12.2. The summed E-state index contributed by atoms with van der Waals surface area (Å²) in [6.45, 7) is 0.206. The number of aromatic nitrogens is 2. The Morgan fingerprint density at radius 2 is 2.18 bits per heavy atom. The molecule has 5 rings (SSSR count). The maximum atomic E-state index is 16.1. The van der Waals surface area contributed by atoms with E-state index >= 15 is 4.39 Å². The quantitative estimate of drug-likeness (QED) is 0.163. The molecule has 2 amide bonds. The Labute approximate surface area is 226 Å². The number of nitrogens with zero attached hydrogens (tertiary/aromatic N) is 5. The van der Waals surface area contributed by atoms with Gasteiger partial charge < -0.3 is 25.8 Å². The predicted molar refractivity (Wildman–Crippen MR) is 139 cm³/mol. The first kappa shape index (κ1) is 26.6. The van der Waals surface area contributed by atoms with Crippen LogP contribution in [0.1, 0.15) is 24.8 Å². The SMILES string of the molecule is N#Cc1cccc(O)c1-c1c(Cl)c2c3c(ncnc3c1F)N1CCC(NC(=O)N(N)CC(N)F)CC1CCO2. The molecule has 3 aromatic rings. The Bertz CT molecular complexity index is 1480. The number of aromatic hydroxyl groups is 1. The number of piperidine rings is 1. The number of nitriles is 1. The zero-order valence-electron chi connectivity index (χ0n) is 20.6. The number of nitrogens with two attached hydrogens (primary N) is 2. The van der Waals surface area contributed by atoms with Crippen molar-refractivity contribution in [3.8, 4) is 28.7 Å². The van der Waals surface area contributed by atoms with Gasteiger partial charge in [0.25, 0.3) is 0 Å². The molecule has 0 saturated carbocycles. The summed E-state index contributed by atoms with van der Waals surface area (Å²) in [6, 6.07) is 5.19. The fraction of sp³-hybridized carbons (Fsp3) is 0.360. The van der Waals surface area contributed by atoms with Crippen LogP contribution in [0.15, 0.2) is 24.5 Å². The highest BCUT2D eigenvalue weighted by Gasteiger charge is 2.36. The summed E-state index contributed by atoms with van der Waals surface area (Å²) in [7, 11) is 0. The number of anilines is 1. The van der Waals surface area contributed by atoms with Gasteiger partial charge >= 0.3 is 6.03 Å². The zero-order valence-corrected chi connectivity index (χ0v) is 21.3. The number of ether oxygens (including phenoxy) is 1. The summed E-state index contributed by atoms with van der Waals surface area (Å²) in [4.78, 5) is 23.0. The lowest BCUT2D eigenvalue weighted by molar-refractivity contribution is 0.169. The largest absolute Gasteiger partial charge is 0.507 e. The molecule has 0 radical (unpaired) electrons. The van der Waals surface area contributed by atoms with Crippen molar-refractivity contribution < 1.29 is 23.4 Å². The molecule has 2 aromatic carbocycles. The van der Waals surface area contributed by atoms with E-state index in [0.29, 0.717) is 36.6 Å². The standard InChI is InChI=1S/C25H25ClF2N8O3/c26-20-18(17-12(9-29)2-1-3-15(17)37)21(28)22-19-23(20)39-7-5-14-8-13(34-25(38)36(31)10-16(27)30)4-6-35(14)24(19)33-11-32-22/h1-3,11,13-14,16,37H,4-8,10,30-31H2,(H,34,38). The fourth-order valence-electron chi connectivity index (χ4n) is 5.22. The highest BCUT2D eigenvalue weighted by atomic mass is 35.5. The molecule has 1 fully saturated rings. The number of phenols is 1. The van der Waals surface area contributed by atoms with Crippen molar-refractivity contribution in [1.82, 2.24) is 20.3 Å². The van der Waals surface area contributed by atoms with Gasteiger partial charge in [-0.2, -0.15) is 5.26 Å². The van der Waals surface area contributed by atoms with E-state index < -0.39 is 24.7 Å². The van der Waals surface area contributed by atoms with Crippen LogP contribution < -0.4 is 26.5 Å². The molecule has 14 heteroatoms. The summed E-state index contributed by atoms with van der Waals surface area (Å²) in [5, 5.41) is 23.8. The monoisotopic (exact) mass is 558 g/mol. The minimum Gasteiger partial charge on any atom is -0.507 e. The van der Waals surface area contributed by atoms with E-state index in [1.807, 2.05) is 11.0 Å². The van der Waals surface area contributed by atoms with Gasteiger partial charge in [-0.15, -0.1) is 0 Å². The summed E-state index contributed by atoms with van der Waals surface area (Å²) in [6.07, 6.45) is 1.01. The number of hydrogen-bond acceptors (Lipinski definition) is 9. The number of nitrogens with one attached hydrogen (secondary N) is 1. The van der Waals surface area contributed by atoms with Crippen LogP contribution in [0.3, 0.4) is 0 Å². The van der Waals surface area contributed by atoms with Gasteiger partial charge in [0.05, 0.1) is 35.2 Å². The average molecular weight is 559 g/mol. The number of amides is 2. The second-order valence-corrected chi connectivity index (χ2v) is 9.77. The molecular formula is C25H25ClF2N8O3. The lowest BCUT2D eigenvalue weighted by atomic mass is 9.93. The molecule has 2 aliphatic heterocycles. The molecule has 1 saturated heterocycles. The van der Waals surface area contributed by atoms with Gasteiger partial charge in [0.2, 0.25) is 0 Å². The van der Waals surface area contributed by atoms with Crippen molar-refractivity contribution in [2.45, 2.75) is 37.6 Å². The number of rotatable bonds is 4. The highest BCUT2D eigenvalue weighted by molar-refractivity contribution is 6.36. The Kier molecular flexibility index (Phi) is 7.26. The minimum atomic E-state index is -1.75. The number of halogens is 3. The van der Waals surface area contributed by atoms with Gasteiger partial charge in [-0.25, -0.2) is 29.4 Å². The van der Waals surface area contributed by atoms with Crippen molar-refractivity contribution in [3.63, 3.8) is 0 Å². The summed E-state index contributed by atoms with van der Waals surface area (Å²) in [5.41, 5.74) is 4.81. The Balaban J connectivity index is 1.53. The number of carbonyl (C=O) groups excluding carboxylic acids is 1. The summed E-state index contributed by atoms with van der Waals surface area (Å²) >= 11 is 6.72. The number of hydrogen-bond donors (Lipinski definition) is 4. The highest BCUT2D eigenvalue weighted by Crippen LogP contribution is 2.49. The number of hydrazine groups is 1. The normalized spacial score (nSPS) is 19.2. The molecule has 2 aliphatic rings. The number of fused-ring (bicyclic) bond motifs is 2. The molecule has 3 unspecified atom stereocenters. The van der Waals surface area contributed by atoms with Crippen LogP contribution in [0.2, 0.25) is 5.02 Å². The molecule has 11 nitrogen and oxygen atoms in total. The third-order valence-corrected chi connectivity index (χ3v) is 7.32. The Hall–Kier alpha value is -3.99. The number of urea groups is 1. The third kappa shape index (κ3) is 4.82. The molecule has 0 aliphatic carbocycles. The van der Waals surface area contributed by atoms with Crippen molar-refractivity contribution in [3.05, 3.63) is 40.9 Å². The van der Waals surface area contributed by atoms with E-state index in [4.69, 9.17) is 27.9 Å². The van der Waals surface area contributed by atoms with Crippen molar-refractivity contribution >= 4 is 34.4 Å². The molecule has 3 heterocycles. The van der Waals surface area contributed by atoms with Gasteiger partial charge in [-0.3, -0.25) is 5.01 Å². The number of phenolic OH excluding ortho intramolecular Hbond substituents is 1. The predicted octanol–water partition coefficient (Wildman–Crippen LogP) is 2.93. The molecule has 3 atom stereocenters. The van der Waals surface area contributed by atoms with Gasteiger partial charge in [0.15, 0.2) is 17.9 Å². The molecule has 0 spiro atoms. The molecule has 204 valence electrons. The molecular weight excluding hydrogens is 534 g/mol. The van der Waals surface area contributed by atoms with Gasteiger partial charge in [-0.05, 0) is 25.0 Å². The summed E-state index contributed by atoms with van der Waals surface area (Å²) in [5.74, 6) is 5.04. The lowest BCUT2D eigenvalue weighted by Gasteiger charge is -2.42. The molecule has 0 bridgehead atoms. The van der Waals surface area contributed by atoms with E-state index in [9.17, 15) is 19.6 Å². The van der Waals surface area contributed by atoms with Gasteiger partial charge in [-0.1, -0.05) is 17.7 Å². The van der Waals surface area contributed by atoms with E-state index in [-0.39, 0.29) is 62.8 Å². The first-order valence-corrected chi connectivity index (χ1v) is 12.6. The van der Waals surface area contributed by atoms with E-state index in [2.05, 4.69) is 15.3 Å². The van der Waals surface area contributed by atoms with E-state index in [1.54, 1.807) is 0 Å². The minimum absolute atomic E-state index is 0.0381. The van der Waals surface area contributed by atoms with Crippen molar-refractivity contribution in [2.24, 2.45) is 11.6 Å². The number of benzene rings is 2. The van der Waals surface area contributed by atoms with E-state index in [0.717, 1.165) is 0 Å². The van der Waals surface area contributed by atoms with Crippen LogP contribution >= 0.6 is 11.6 Å². The van der Waals surface area contributed by atoms with Crippen LogP contribution in [0.25, 0.3) is 22.0 Å².